The van der Waals surface area contributed by atoms with Crippen LogP contribution in [0, 0.1) is 12.7 Å². The van der Waals surface area contributed by atoms with Crippen LogP contribution in [0.25, 0.3) is 5.69 Å². The van der Waals surface area contributed by atoms with Gasteiger partial charge in [0, 0.05) is 12.1 Å². The van der Waals surface area contributed by atoms with Crippen LogP contribution in [0.1, 0.15) is 5.69 Å². The maximum Gasteiger partial charge on any atom is 0.586 e. The molecule has 0 aliphatic carbocycles. The predicted molar refractivity (Wildman–Crippen MR) is 67.3 cm³/mol. The summed E-state index contributed by atoms with van der Waals surface area (Å²) in [7, 11) is 1.27. The Hall–Kier alpha value is -2.71. The number of hydrogen-bond donors (Lipinski definition) is 0. The van der Waals surface area contributed by atoms with Gasteiger partial charge in [0.25, 0.3) is 0 Å². The molecule has 0 atom stereocenters. The van der Waals surface area contributed by atoms with Gasteiger partial charge in [-0.05, 0) is 6.92 Å². The summed E-state index contributed by atoms with van der Waals surface area (Å²) in [6, 6.07) is 1.76. The van der Waals surface area contributed by atoms with E-state index in [-0.39, 0.29) is 22.9 Å². The van der Waals surface area contributed by atoms with Crippen molar-refractivity contribution >= 4 is 0 Å². The second kappa shape index (κ2) is 4.65. The van der Waals surface area contributed by atoms with E-state index in [9.17, 15) is 18.0 Å². The average Bonchev–Trinajstić information content (AvgIpc) is 2.73. The number of benzene rings is 1. The van der Waals surface area contributed by atoms with Gasteiger partial charge in [0.1, 0.15) is 11.4 Å². The lowest BCUT2D eigenvalue weighted by Gasteiger charge is -2.10. The normalized spacial score (nSPS) is 15.0. The fourth-order valence-electron chi connectivity index (χ4n) is 1.99. The van der Waals surface area contributed by atoms with Crippen molar-refractivity contribution in [3.63, 3.8) is 0 Å². The Morgan fingerprint density at radius 1 is 1.27 bits per heavy atom. The predicted octanol–water partition coefficient (Wildman–Crippen LogP) is 2.01. The third kappa shape index (κ3) is 2.24. The standard InChI is InChI=1S/C13H9F3N2O4/c1-6-12(19)11(20-2)5-18(17-6)8-4-10-9(3-7(8)14)21-13(15,16)22-10/h3-5H,1-2H3. The van der Waals surface area contributed by atoms with Crippen LogP contribution < -0.4 is 19.6 Å². The molecule has 116 valence electrons. The minimum atomic E-state index is -3.85. The lowest BCUT2D eigenvalue weighted by atomic mass is 10.2. The SMILES string of the molecule is COc1cn(-c2cc3c(cc2F)OC(F)(F)O3)nc(C)c1=O. The topological polar surface area (TPSA) is 62.6 Å². The van der Waals surface area contributed by atoms with Crippen molar-refractivity contribution in [1.82, 2.24) is 9.78 Å². The molecule has 3 rings (SSSR count). The summed E-state index contributed by atoms with van der Waals surface area (Å²) < 4.78 is 54.4. The van der Waals surface area contributed by atoms with Crippen LogP contribution in [0.2, 0.25) is 0 Å². The molecule has 1 aromatic heterocycles. The summed E-state index contributed by atoms with van der Waals surface area (Å²) >= 11 is 0. The third-order valence-corrected chi connectivity index (χ3v) is 2.99. The number of fused-ring (bicyclic) bond motifs is 1. The molecule has 0 radical (unpaired) electrons. The third-order valence-electron chi connectivity index (χ3n) is 2.99. The van der Waals surface area contributed by atoms with Crippen LogP contribution in [0.5, 0.6) is 17.2 Å². The smallest absolute Gasteiger partial charge is 0.491 e. The minimum absolute atomic E-state index is 0.0572. The molecule has 0 N–H and O–H groups in total. The maximum absolute atomic E-state index is 14.1. The molecule has 1 aliphatic heterocycles. The van der Waals surface area contributed by atoms with Gasteiger partial charge in [-0.1, -0.05) is 0 Å². The van der Waals surface area contributed by atoms with E-state index in [0.717, 1.165) is 23.0 Å². The maximum atomic E-state index is 14.1. The van der Waals surface area contributed by atoms with Crippen molar-refractivity contribution < 1.29 is 27.4 Å². The van der Waals surface area contributed by atoms with Gasteiger partial charge >= 0.3 is 6.29 Å². The molecule has 1 aromatic carbocycles. The molecule has 6 nitrogen and oxygen atoms in total. The zero-order chi connectivity index (χ0) is 16.1. The number of nitrogens with zero attached hydrogens (tertiary/aromatic N) is 2. The first kappa shape index (κ1) is 14.2. The molecule has 0 spiro atoms. The number of rotatable bonds is 2. The Bertz CT molecular complexity index is 820. The molecule has 0 amide bonds. The molecule has 9 heteroatoms. The summed E-state index contributed by atoms with van der Waals surface area (Å²) in [6.07, 6.45) is -2.70. The van der Waals surface area contributed by atoms with E-state index < -0.39 is 23.3 Å². The molecule has 0 saturated carbocycles. The van der Waals surface area contributed by atoms with Gasteiger partial charge in [-0.15, -0.1) is 8.78 Å². The summed E-state index contributed by atoms with van der Waals surface area (Å²) in [5.41, 5.74) is -0.588. The van der Waals surface area contributed by atoms with Gasteiger partial charge < -0.3 is 14.2 Å². The molecular weight excluding hydrogens is 305 g/mol. The summed E-state index contributed by atoms with van der Waals surface area (Å²) in [5.74, 6) is -1.69. The van der Waals surface area contributed by atoms with E-state index in [2.05, 4.69) is 14.6 Å². The minimum Gasteiger partial charge on any atom is -0.491 e. The Kier molecular flexibility index (Phi) is 3.01. The second-order valence-electron chi connectivity index (χ2n) is 4.47. The fourth-order valence-corrected chi connectivity index (χ4v) is 1.99. The number of aryl methyl sites for hydroxylation is 1. The summed E-state index contributed by atoms with van der Waals surface area (Å²) in [6.45, 7) is 1.42. The van der Waals surface area contributed by atoms with Crippen LogP contribution in [-0.2, 0) is 0 Å². The zero-order valence-corrected chi connectivity index (χ0v) is 11.4. The number of halogens is 3. The second-order valence-corrected chi connectivity index (χ2v) is 4.47. The van der Waals surface area contributed by atoms with E-state index in [0.29, 0.717) is 0 Å². The molecule has 0 saturated heterocycles. The Balaban J connectivity index is 2.15. The first-order valence-electron chi connectivity index (χ1n) is 6.05. The van der Waals surface area contributed by atoms with Crippen molar-refractivity contribution in [3.8, 4) is 22.9 Å². The lowest BCUT2D eigenvalue weighted by Crippen LogP contribution is -2.25. The number of ether oxygens (including phenoxy) is 3. The van der Waals surface area contributed by atoms with Crippen LogP contribution in [0.3, 0.4) is 0 Å². The molecule has 0 unspecified atom stereocenters. The number of alkyl halides is 2. The van der Waals surface area contributed by atoms with E-state index in [1.807, 2.05) is 0 Å². The highest BCUT2D eigenvalue weighted by Gasteiger charge is 2.44. The van der Waals surface area contributed by atoms with Crippen LogP contribution in [0.4, 0.5) is 13.2 Å². The van der Waals surface area contributed by atoms with Crippen molar-refractivity contribution in [2.75, 3.05) is 7.11 Å². The van der Waals surface area contributed by atoms with Gasteiger partial charge in [-0.3, -0.25) is 4.79 Å². The molecule has 22 heavy (non-hydrogen) atoms. The Morgan fingerprint density at radius 2 is 1.91 bits per heavy atom. The van der Waals surface area contributed by atoms with Gasteiger partial charge in [0.05, 0.1) is 13.3 Å². The zero-order valence-electron chi connectivity index (χ0n) is 11.4. The van der Waals surface area contributed by atoms with E-state index >= 15 is 0 Å². The van der Waals surface area contributed by atoms with Crippen LogP contribution in [0.15, 0.2) is 23.1 Å². The van der Waals surface area contributed by atoms with Crippen LogP contribution in [-0.4, -0.2) is 23.2 Å². The summed E-state index contributed by atoms with van der Waals surface area (Å²) in [4.78, 5) is 11.7. The molecule has 0 fully saturated rings. The highest BCUT2D eigenvalue weighted by atomic mass is 19.3. The molecule has 2 aromatic rings. The van der Waals surface area contributed by atoms with E-state index in [4.69, 9.17) is 4.74 Å². The number of hydrogen-bond acceptors (Lipinski definition) is 5. The van der Waals surface area contributed by atoms with Crippen molar-refractivity contribution in [1.29, 1.82) is 0 Å². The first-order chi connectivity index (χ1) is 10.3. The quantitative estimate of drug-likeness (QED) is 0.848. The molecule has 1 aliphatic rings. The number of aromatic nitrogens is 2. The lowest BCUT2D eigenvalue weighted by molar-refractivity contribution is -0.286. The largest absolute Gasteiger partial charge is 0.586 e. The van der Waals surface area contributed by atoms with Crippen molar-refractivity contribution in [3.05, 3.63) is 40.1 Å². The highest BCUT2D eigenvalue weighted by Crippen LogP contribution is 2.42. The Morgan fingerprint density at radius 3 is 2.55 bits per heavy atom. The van der Waals surface area contributed by atoms with Gasteiger partial charge in [0.2, 0.25) is 5.43 Å². The molecular formula is C13H9F3N2O4. The van der Waals surface area contributed by atoms with Gasteiger partial charge in [0.15, 0.2) is 23.1 Å². The number of methoxy groups -OCH3 is 1. The summed E-state index contributed by atoms with van der Waals surface area (Å²) in [5, 5.41) is 3.87. The van der Waals surface area contributed by atoms with Gasteiger partial charge in [-0.2, -0.15) is 5.10 Å². The fraction of sp³-hybridized carbons (Fsp3) is 0.231. The molecule has 2 heterocycles. The van der Waals surface area contributed by atoms with E-state index in [1.165, 1.54) is 14.0 Å². The van der Waals surface area contributed by atoms with Crippen LogP contribution >= 0.6 is 0 Å². The monoisotopic (exact) mass is 314 g/mol. The van der Waals surface area contributed by atoms with Crippen molar-refractivity contribution in [2.45, 2.75) is 13.2 Å². The van der Waals surface area contributed by atoms with Crippen molar-refractivity contribution in [2.24, 2.45) is 0 Å². The average molecular weight is 314 g/mol. The molecule has 0 bridgehead atoms. The van der Waals surface area contributed by atoms with Gasteiger partial charge in [-0.25, -0.2) is 9.07 Å². The first-order valence-corrected chi connectivity index (χ1v) is 6.05. The Labute approximate surface area is 121 Å². The van der Waals surface area contributed by atoms with E-state index in [1.54, 1.807) is 0 Å². The highest BCUT2D eigenvalue weighted by molar-refractivity contribution is 5.51.